The van der Waals surface area contributed by atoms with Crippen LogP contribution >= 0.6 is 0 Å². The Hall–Kier alpha value is 0. The van der Waals surface area contributed by atoms with Crippen molar-refractivity contribution in [3.63, 3.8) is 0 Å². The van der Waals surface area contributed by atoms with E-state index in [1.165, 1.54) is 103 Å². The topological polar surface area (TPSA) is 0 Å². The number of hydrogen-bond donors (Lipinski definition) is 0. The molecule has 1 radical (unpaired) electrons. The van der Waals surface area contributed by atoms with Crippen LogP contribution in [0.25, 0.3) is 0 Å². The van der Waals surface area contributed by atoms with Gasteiger partial charge in [-0.2, -0.15) is 0 Å². The van der Waals surface area contributed by atoms with Crippen molar-refractivity contribution in [1.29, 1.82) is 0 Å². The van der Waals surface area contributed by atoms with Crippen molar-refractivity contribution in [3.8, 4) is 0 Å². The summed E-state index contributed by atoms with van der Waals surface area (Å²) in [7, 11) is 0. The van der Waals surface area contributed by atoms with Crippen molar-refractivity contribution in [2.24, 2.45) is 5.92 Å². The molecule has 0 spiro atoms. The van der Waals surface area contributed by atoms with Crippen LogP contribution in [0.4, 0.5) is 0 Å². The summed E-state index contributed by atoms with van der Waals surface area (Å²) in [6.07, 6.45) is 24.2. The second-order valence-corrected chi connectivity index (χ2v) is 7.13. The quantitative estimate of drug-likeness (QED) is 0.238. The monoisotopic (exact) mass is 295 g/mol. The van der Waals surface area contributed by atoms with Crippen LogP contribution < -0.4 is 0 Å². The molecule has 0 heteroatoms. The molecule has 127 valence electrons. The summed E-state index contributed by atoms with van der Waals surface area (Å²) in [4.78, 5) is 0. The van der Waals surface area contributed by atoms with Crippen LogP contribution in [-0.4, -0.2) is 0 Å². The molecule has 0 amide bonds. The van der Waals surface area contributed by atoms with Crippen molar-refractivity contribution >= 4 is 0 Å². The van der Waals surface area contributed by atoms with Gasteiger partial charge in [-0.15, -0.1) is 0 Å². The molecule has 0 aliphatic heterocycles. The van der Waals surface area contributed by atoms with Crippen LogP contribution in [0.15, 0.2) is 0 Å². The molecule has 0 aromatic carbocycles. The third-order valence-electron chi connectivity index (χ3n) is 4.75. The van der Waals surface area contributed by atoms with E-state index < -0.39 is 0 Å². The highest BCUT2D eigenvalue weighted by Gasteiger charge is 2.02. The van der Waals surface area contributed by atoms with Crippen molar-refractivity contribution < 1.29 is 0 Å². The summed E-state index contributed by atoms with van der Waals surface area (Å²) in [5.74, 6) is 0.963. The first kappa shape index (κ1) is 21.0. The van der Waals surface area contributed by atoms with E-state index in [2.05, 4.69) is 20.8 Å². The first-order valence-corrected chi connectivity index (χ1v) is 10.1. The molecule has 0 bridgehead atoms. The second kappa shape index (κ2) is 18.1. The molecule has 0 saturated heterocycles. The van der Waals surface area contributed by atoms with Crippen LogP contribution in [0.5, 0.6) is 0 Å². The maximum absolute atomic E-state index is 3.90. The second-order valence-electron chi connectivity index (χ2n) is 7.13. The molecule has 0 aliphatic carbocycles. The average molecular weight is 296 g/mol. The molecular weight excluding hydrogens is 252 g/mol. The molecule has 0 saturated carbocycles. The summed E-state index contributed by atoms with van der Waals surface area (Å²) >= 11 is 0. The fraction of sp³-hybridized carbons (Fsp3) is 0.952. The van der Waals surface area contributed by atoms with Gasteiger partial charge < -0.3 is 0 Å². The third kappa shape index (κ3) is 18.0. The summed E-state index contributed by atoms with van der Waals surface area (Å²) in [5.41, 5.74) is 0. The van der Waals surface area contributed by atoms with E-state index in [0.717, 1.165) is 12.3 Å². The Kier molecular flexibility index (Phi) is 18.1. The van der Waals surface area contributed by atoms with Gasteiger partial charge in [0, 0.05) is 0 Å². The fourth-order valence-corrected chi connectivity index (χ4v) is 3.15. The Balaban J connectivity index is 3.11. The Morgan fingerprint density at radius 1 is 0.571 bits per heavy atom. The zero-order valence-corrected chi connectivity index (χ0v) is 15.3. The maximum Gasteiger partial charge on any atom is -0.0443 e. The highest BCUT2D eigenvalue weighted by molar-refractivity contribution is 4.56. The summed E-state index contributed by atoms with van der Waals surface area (Å²) in [5, 5.41) is 0. The van der Waals surface area contributed by atoms with Crippen LogP contribution in [0.3, 0.4) is 0 Å². The largest absolute Gasteiger partial charge is 0.0654 e. The summed E-state index contributed by atoms with van der Waals surface area (Å²) < 4.78 is 0. The van der Waals surface area contributed by atoms with Gasteiger partial charge in [0.15, 0.2) is 0 Å². The van der Waals surface area contributed by atoms with Crippen LogP contribution in [-0.2, 0) is 0 Å². The van der Waals surface area contributed by atoms with E-state index in [9.17, 15) is 0 Å². The van der Waals surface area contributed by atoms with Crippen LogP contribution in [0.2, 0.25) is 0 Å². The number of hydrogen-bond acceptors (Lipinski definition) is 0. The SMILES string of the molecule is [CH2]CCCCCCCCC(C)CCCCCCCCCC. The molecule has 0 aromatic rings. The molecule has 0 rings (SSSR count). The van der Waals surface area contributed by atoms with Gasteiger partial charge in [0.1, 0.15) is 0 Å². The molecule has 0 N–H and O–H groups in total. The molecular formula is C21H43. The van der Waals surface area contributed by atoms with Gasteiger partial charge in [-0.3, -0.25) is 0 Å². The molecule has 1 unspecified atom stereocenters. The zero-order chi connectivity index (χ0) is 15.6. The van der Waals surface area contributed by atoms with E-state index in [4.69, 9.17) is 0 Å². The molecule has 21 heavy (non-hydrogen) atoms. The fourth-order valence-electron chi connectivity index (χ4n) is 3.15. The van der Waals surface area contributed by atoms with Gasteiger partial charge in [-0.1, -0.05) is 130 Å². The van der Waals surface area contributed by atoms with Crippen LogP contribution in [0, 0.1) is 12.8 Å². The standard InChI is InChI=1S/C21H43/c1-4-6-8-10-12-14-16-18-20-21(3)19-17-15-13-11-9-7-5-2/h21H,2,4-20H2,1,3H3. The first-order chi connectivity index (χ1) is 10.3. The Labute approximate surface area is 136 Å². The van der Waals surface area contributed by atoms with Crippen molar-refractivity contribution in [2.45, 2.75) is 123 Å². The highest BCUT2D eigenvalue weighted by atomic mass is 14.1. The normalized spacial score (nSPS) is 12.7. The van der Waals surface area contributed by atoms with Crippen LogP contribution in [0.1, 0.15) is 123 Å². The Morgan fingerprint density at radius 2 is 0.952 bits per heavy atom. The molecule has 0 aliphatic rings. The Morgan fingerprint density at radius 3 is 1.38 bits per heavy atom. The molecule has 1 atom stereocenters. The van der Waals surface area contributed by atoms with E-state index in [1.807, 2.05) is 0 Å². The van der Waals surface area contributed by atoms with Crippen molar-refractivity contribution in [3.05, 3.63) is 6.92 Å². The van der Waals surface area contributed by atoms with Gasteiger partial charge in [-0.05, 0) is 5.92 Å². The van der Waals surface area contributed by atoms with Gasteiger partial charge >= 0.3 is 0 Å². The minimum atomic E-state index is 0.963. The number of rotatable bonds is 17. The average Bonchev–Trinajstić information content (AvgIpc) is 2.49. The predicted octanol–water partition coefficient (Wildman–Crippen LogP) is 8.11. The highest BCUT2D eigenvalue weighted by Crippen LogP contribution is 2.18. The lowest BCUT2D eigenvalue weighted by Crippen LogP contribution is -1.95. The van der Waals surface area contributed by atoms with E-state index in [-0.39, 0.29) is 0 Å². The third-order valence-corrected chi connectivity index (χ3v) is 4.75. The first-order valence-electron chi connectivity index (χ1n) is 10.1. The summed E-state index contributed by atoms with van der Waals surface area (Å²) in [6, 6.07) is 0. The molecule has 0 heterocycles. The summed E-state index contributed by atoms with van der Waals surface area (Å²) in [6.45, 7) is 8.66. The molecule has 0 nitrogen and oxygen atoms in total. The predicted molar refractivity (Wildman–Crippen MR) is 98.7 cm³/mol. The number of unbranched alkanes of at least 4 members (excludes halogenated alkanes) is 13. The lowest BCUT2D eigenvalue weighted by Gasteiger charge is -2.11. The van der Waals surface area contributed by atoms with Crippen molar-refractivity contribution in [2.75, 3.05) is 0 Å². The Bertz CT molecular complexity index is 173. The minimum Gasteiger partial charge on any atom is -0.0654 e. The lowest BCUT2D eigenvalue weighted by atomic mass is 9.96. The van der Waals surface area contributed by atoms with Gasteiger partial charge in [0.05, 0.1) is 0 Å². The van der Waals surface area contributed by atoms with Gasteiger partial charge in [-0.25, -0.2) is 0 Å². The molecule has 0 fully saturated rings. The van der Waals surface area contributed by atoms with E-state index in [1.54, 1.807) is 0 Å². The van der Waals surface area contributed by atoms with Gasteiger partial charge in [0.2, 0.25) is 0 Å². The van der Waals surface area contributed by atoms with Crippen molar-refractivity contribution in [1.82, 2.24) is 0 Å². The minimum absolute atomic E-state index is 0.963. The lowest BCUT2D eigenvalue weighted by molar-refractivity contribution is 0.430. The zero-order valence-electron chi connectivity index (χ0n) is 15.3. The van der Waals surface area contributed by atoms with E-state index >= 15 is 0 Å². The smallest absolute Gasteiger partial charge is 0.0443 e. The molecule has 0 aromatic heterocycles. The van der Waals surface area contributed by atoms with E-state index in [0.29, 0.717) is 0 Å². The maximum atomic E-state index is 3.90. The van der Waals surface area contributed by atoms with Gasteiger partial charge in [0.25, 0.3) is 0 Å².